The third-order valence-corrected chi connectivity index (χ3v) is 3.81. The zero-order valence-corrected chi connectivity index (χ0v) is 11.4. The Hall–Kier alpha value is -0.940. The number of aliphatic hydroxyl groups is 1. The zero-order chi connectivity index (χ0) is 13.1. The van der Waals surface area contributed by atoms with Crippen molar-refractivity contribution in [3.8, 4) is 0 Å². The van der Waals surface area contributed by atoms with Crippen molar-refractivity contribution in [3.63, 3.8) is 0 Å². The zero-order valence-electron chi connectivity index (χ0n) is 9.83. The molecule has 98 valence electrons. The van der Waals surface area contributed by atoms with Gasteiger partial charge in [-0.3, -0.25) is 4.79 Å². The fourth-order valence-electron chi connectivity index (χ4n) is 2.23. The van der Waals surface area contributed by atoms with Gasteiger partial charge in [0, 0.05) is 10.5 Å². The Bertz CT molecular complexity index is 453. The van der Waals surface area contributed by atoms with Gasteiger partial charge in [-0.2, -0.15) is 0 Å². The van der Waals surface area contributed by atoms with Gasteiger partial charge in [-0.25, -0.2) is 4.39 Å². The highest BCUT2D eigenvalue weighted by Gasteiger charge is 2.22. The van der Waals surface area contributed by atoms with Crippen LogP contribution in [0.4, 0.5) is 4.39 Å². The number of benzene rings is 1. The second kappa shape index (κ2) is 5.80. The van der Waals surface area contributed by atoms with E-state index in [9.17, 15) is 14.3 Å². The van der Waals surface area contributed by atoms with Gasteiger partial charge in [0.05, 0.1) is 11.7 Å². The maximum absolute atomic E-state index is 12.9. The maximum atomic E-state index is 12.9. The van der Waals surface area contributed by atoms with Crippen LogP contribution in [0.1, 0.15) is 36.0 Å². The Morgan fingerprint density at radius 1 is 1.44 bits per heavy atom. The molecule has 0 aromatic heterocycles. The molecule has 0 heterocycles. The molecule has 1 aliphatic carbocycles. The molecule has 1 aromatic carbocycles. The summed E-state index contributed by atoms with van der Waals surface area (Å²) in [4.78, 5) is 12.0. The molecule has 2 atom stereocenters. The Morgan fingerprint density at radius 2 is 2.22 bits per heavy atom. The average molecular weight is 316 g/mol. The Kier molecular flexibility index (Phi) is 4.35. The van der Waals surface area contributed by atoms with Crippen molar-refractivity contribution in [2.75, 3.05) is 0 Å². The summed E-state index contributed by atoms with van der Waals surface area (Å²) in [6, 6.07) is 3.98. The van der Waals surface area contributed by atoms with Gasteiger partial charge in [0.2, 0.25) is 0 Å². The van der Waals surface area contributed by atoms with E-state index in [2.05, 4.69) is 21.2 Å². The lowest BCUT2D eigenvalue weighted by atomic mass is 9.93. The lowest BCUT2D eigenvalue weighted by Crippen LogP contribution is -2.39. The van der Waals surface area contributed by atoms with Crippen molar-refractivity contribution in [2.24, 2.45) is 0 Å². The summed E-state index contributed by atoms with van der Waals surface area (Å²) >= 11 is 3.17. The number of rotatable bonds is 2. The van der Waals surface area contributed by atoms with Crippen molar-refractivity contribution in [2.45, 2.75) is 37.8 Å². The van der Waals surface area contributed by atoms with Crippen LogP contribution in [0.5, 0.6) is 0 Å². The smallest absolute Gasteiger partial charge is 0.252 e. The molecule has 0 bridgehead atoms. The summed E-state index contributed by atoms with van der Waals surface area (Å²) in [5.74, 6) is -0.618. The van der Waals surface area contributed by atoms with Gasteiger partial charge >= 0.3 is 0 Å². The summed E-state index contributed by atoms with van der Waals surface area (Å²) in [6.45, 7) is 0. The van der Waals surface area contributed by atoms with Crippen molar-refractivity contribution >= 4 is 21.8 Å². The first-order chi connectivity index (χ1) is 8.56. The number of aliphatic hydroxyl groups excluding tert-OH is 1. The topological polar surface area (TPSA) is 49.3 Å². The van der Waals surface area contributed by atoms with Gasteiger partial charge in [0.25, 0.3) is 5.91 Å². The van der Waals surface area contributed by atoms with E-state index in [4.69, 9.17) is 0 Å². The fourth-order valence-corrected chi connectivity index (χ4v) is 2.76. The molecule has 2 rings (SSSR count). The SMILES string of the molecule is O=C(NC1CCCC(O)C1)c1ccc(F)cc1Br. The Morgan fingerprint density at radius 3 is 2.89 bits per heavy atom. The minimum absolute atomic E-state index is 0.00166. The van der Waals surface area contributed by atoms with Gasteiger partial charge in [-0.15, -0.1) is 0 Å². The number of amides is 1. The van der Waals surface area contributed by atoms with Crippen LogP contribution in [-0.4, -0.2) is 23.2 Å². The second-order valence-corrected chi connectivity index (χ2v) is 5.47. The lowest BCUT2D eigenvalue weighted by Gasteiger charge is -2.26. The number of hydrogen-bond donors (Lipinski definition) is 2. The predicted molar refractivity (Wildman–Crippen MR) is 69.8 cm³/mol. The van der Waals surface area contributed by atoms with E-state index in [0.29, 0.717) is 16.5 Å². The van der Waals surface area contributed by atoms with Crippen LogP contribution in [0.15, 0.2) is 22.7 Å². The number of carbonyl (C=O) groups is 1. The highest BCUT2D eigenvalue weighted by Crippen LogP contribution is 2.21. The van der Waals surface area contributed by atoms with Gasteiger partial charge in [0.1, 0.15) is 5.82 Å². The fraction of sp³-hybridized carbons (Fsp3) is 0.462. The van der Waals surface area contributed by atoms with Crippen LogP contribution in [0, 0.1) is 5.82 Å². The minimum Gasteiger partial charge on any atom is -0.393 e. The predicted octanol–water partition coefficient (Wildman–Crippen LogP) is 2.62. The molecule has 0 spiro atoms. The number of carbonyl (C=O) groups excluding carboxylic acids is 1. The minimum atomic E-state index is -0.383. The van der Waals surface area contributed by atoms with Crippen LogP contribution in [-0.2, 0) is 0 Å². The third kappa shape index (κ3) is 3.29. The Labute approximate surface area is 114 Å². The molecule has 1 aliphatic rings. The summed E-state index contributed by atoms with van der Waals surface area (Å²) < 4.78 is 13.4. The first-order valence-corrected chi connectivity index (χ1v) is 6.79. The quantitative estimate of drug-likeness (QED) is 0.881. The van der Waals surface area contributed by atoms with Crippen molar-refractivity contribution in [1.29, 1.82) is 0 Å². The second-order valence-electron chi connectivity index (χ2n) is 4.61. The van der Waals surface area contributed by atoms with Gasteiger partial charge < -0.3 is 10.4 Å². The van der Waals surface area contributed by atoms with E-state index < -0.39 is 0 Å². The largest absolute Gasteiger partial charge is 0.393 e. The van der Waals surface area contributed by atoms with Crippen LogP contribution in [0.25, 0.3) is 0 Å². The van der Waals surface area contributed by atoms with E-state index in [1.807, 2.05) is 0 Å². The normalized spacial score (nSPS) is 23.7. The van der Waals surface area contributed by atoms with E-state index >= 15 is 0 Å². The molecule has 18 heavy (non-hydrogen) atoms. The van der Waals surface area contributed by atoms with Gasteiger partial charge in [-0.05, 0) is 59.8 Å². The number of hydrogen-bond acceptors (Lipinski definition) is 2. The first kappa shape index (κ1) is 13.5. The maximum Gasteiger partial charge on any atom is 0.252 e. The van der Waals surface area contributed by atoms with E-state index in [0.717, 1.165) is 19.3 Å². The Balaban J connectivity index is 2.03. The van der Waals surface area contributed by atoms with E-state index in [1.54, 1.807) is 0 Å². The molecule has 1 amide bonds. The average Bonchev–Trinajstić information content (AvgIpc) is 2.28. The van der Waals surface area contributed by atoms with Crippen LogP contribution < -0.4 is 5.32 Å². The third-order valence-electron chi connectivity index (χ3n) is 3.16. The van der Waals surface area contributed by atoms with Gasteiger partial charge in [-0.1, -0.05) is 0 Å². The standard InChI is InChI=1S/C13H15BrFNO2/c14-12-6-8(15)4-5-11(12)13(18)16-9-2-1-3-10(17)7-9/h4-6,9-10,17H,1-3,7H2,(H,16,18). The van der Waals surface area contributed by atoms with Crippen LogP contribution in [0.2, 0.25) is 0 Å². The van der Waals surface area contributed by atoms with Gasteiger partial charge in [0.15, 0.2) is 0 Å². The molecular formula is C13H15BrFNO2. The molecule has 0 aliphatic heterocycles. The first-order valence-electron chi connectivity index (χ1n) is 6.00. The summed E-state index contributed by atoms with van der Waals surface area (Å²) in [6.07, 6.45) is 2.84. The molecule has 0 saturated heterocycles. The van der Waals surface area contributed by atoms with Crippen molar-refractivity contribution in [1.82, 2.24) is 5.32 Å². The van der Waals surface area contributed by atoms with Crippen LogP contribution in [0.3, 0.4) is 0 Å². The number of nitrogens with one attached hydrogen (secondary N) is 1. The molecule has 2 N–H and O–H groups in total. The molecule has 2 unspecified atom stereocenters. The highest BCUT2D eigenvalue weighted by atomic mass is 79.9. The van der Waals surface area contributed by atoms with Crippen molar-refractivity contribution < 1.29 is 14.3 Å². The van der Waals surface area contributed by atoms with Crippen molar-refractivity contribution in [3.05, 3.63) is 34.1 Å². The molecule has 1 aromatic rings. The highest BCUT2D eigenvalue weighted by molar-refractivity contribution is 9.10. The molecular weight excluding hydrogens is 301 g/mol. The summed E-state index contributed by atoms with van der Waals surface area (Å²) in [5.41, 5.74) is 0.413. The lowest BCUT2D eigenvalue weighted by molar-refractivity contribution is 0.0849. The van der Waals surface area contributed by atoms with Crippen LogP contribution >= 0.6 is 15.9 Å². The molecule has 0 radical (unpaired) electrons. The summed E-state index contributed by atoms with van der Waals surface area (Å²) in [7, 11) is 0. The molecule has 3 nitrogen and oxygen atoms in total. The van der Waals surface area contributed by atoms with E-state index in [-0.39, 0.29) is 23.9 Å². The monoisotopic (exact) mass is 315 g/mol. The molecule has 5 heteroatoms. The number of halogens is 2. The molecule has 1 fully saturated rings. The summed E-state index contributed by atoms with van der Waals surface area (Å²) in [5, 5.41) is 12.4. The molecule has 1 saturated carbocycles. The van der Waals surface area contributed by atoms with E-state index in [1.165, 1.54) is 18.2 Å².